The average molecular weight is 363 g/mol. The van der Waals surface area contributed by atoms with Crippen molar-refractivity contribution >= 4 is 17.7 Å². The average Bonchev–Trinajstić information content (AvgIpc) is 2.64. The largest absolute Gasteiger partial charge is 0.357 e. The van der Waals surface area contributed by atoms with Crippen LogP contribution in [-0.4, -0.2) is 49.8 Å². The predicted octanol–water partition coefficient (Wildman–Crippen LogP) is 3.50. The molecule has 1 unspecified atom stereocenters. The minimum Gasteiger partial charge on any atom is -0.357 e. The number of aliphatic imine (C=N–C) groups is 1. The lowest BCUT2D eigenvalue weighted by Gasteiger charge is -2.32. The van der Waals surface area contributed by atoms with E-state index in [1.165, 1.54) is 42.0 Å². The van der Waals surface area contributed by atoms with Gasteiger partial charge in [0, 0.05) is 24.5 Å². The van der Waals surface area contributed by atoms with Crippen LogP contribution in [-0.2, 0) is 6.54 Å². The van der Waals surface area contributed by atoms with Gasteiger partial charge >= 0.3 is 0 Å². The van der Waals surface area contributed by atoms with Crippen LogP contribution >= 0.6 is 11.8 Å². The molecule has 1 saturated heterocycles. The van der Waals surface area contributed by atoms with E-state index in [1.54, 1.807) is 11.8 Å². The summed E-state index contributed by atoms with van der Waals surface area (Å²) in [4.78, 5) is 8.69. The quantitative estimate of drug-likeness (QED) is 0.442. The normalized spacial score (nSPS) is 19.0. The number of guanidine groups is 1. The molecule has 1 aliphatic rings. The summed E-state index contributed by atoms with van der Waals surface area (Å²) in [5.74, 6) is 1.66. The van der Waals surface area contributed by atoms with E-state index >= 15 is 0 Å². The van der Waals surface area contributed by atoms with Gasteiger partial charge in [-0.1, -0.05) is 19.1 Å². The summed E-state index contributed by atoms with van der Waals surface area (Å²) in [5.41, 5.74) is 2.60. The molecule has 0 amide bonds. The molecule has 0 aromatic heterocycles. The summed E-state index contributed by atoms with van der Waals surface area (Å²) in [6.07, 6.45) is 4.76. The van der Waals surface area contributed by atoms with Gasteiger partial charge in [-0.2, -0.15) is 0 Å². The smallest absolute Gasteiger partial charge is 0.191 e. The fraction of sp³-hybridized carbons (Fsp3) is 0.650. The molecule has 1 aliphatic heterocycles. The third kappa shape index (κ3) is 6.55. The lowest BCUT2D eigenvalue weighted by atomic mass is 9.98. The molecule has 1 fully saturated rings. The first-order valence-electron chi connectivity index (χ1n) is 9.54. The molecule has 4 nitrogen and oxygen atoms in total. The number of rotatable bonds is 7. The van der Waals surface area contributed by atoms with Gasteiger partial charge in [-0.05, 0) is 69.1 Å². The standard InChI is InChI=1S/C20H34N4S/c1-5-21-20(22-13-17-8-7-11-24(6-2)15-17)23-14-18-10-9-16(3)12-19(18)25-4/h9-10,12,17H,5-8,11,13-15H2,1-4H3,(H2,21,22,23). The molecule has 1 heterocycles. The Morgan fingerprint density at radius 1 is 1.32 bits per heavy atom. The number of likely N-dealkylation sites (tertiary alicyclic amines) is 1. The van der Waals surface area contributed by atoms with Crippen molar-refractivity contribution in [2.75, 3.05) is 39.0 Å². The van der Waals surface area contributed by atoms with Crippen LogP contribution in [0.5, 0.6) is 0 Å². The number of thioether (sulfide) groups is 1. The van der Waals surface area contributed by atoms with Crippen LogP contribution in [0.2, 0.25) is 0 Å². The molecule has 0 aliphatic carbocycles. The van der Waals surface area contributed by atoms with Crippen molar-refractivity contribution in [2.45, 2.75) is 45.1 Å². The van der Waals surface area contributed by atoms with Gasteiger partial charge in [0.1, 0.15) is 0 Å². The van der Waals surface area contributed by atoms with E-state index in [9.17, 15) is 0 Å². The Morgan fingerprint density at radius 3 is 2.88 bits per heavy atom. The van der Waals surface area contributed by atoms with Crippen LogP contribution in [0.1, 0.15) is 37.8 Å². The van der Waals surface area contributed by atoms with Crippen LogP contribution < -0.4 is 10.6 Å². The first-order chi connectivity index (χ1) is 12.2. The minimum absolute atomic E-state index is 0.720. The van der Waals surface area contributed by atoms with Crippen LogP contribution in [0, 0.1) is 12.8 Å². The van der Waals surface area contributed by atoms with Gasteiger partial charge in [-0.25, -0.2) is 4.99 Å². The van der Waals surface area contributed by atoms with Crippen molar-refractivity contribution in [1.29, 1.82) is 0 Å². The molecule has 140 valence electrons. The number of nitrogens with one attached hydrogen (secondary N) is 2. The SMILES string of the molecule is CCNC(=NCc1ccc(C)cc1SC)NCC1CCCN(CC)C1. The van der Waals surface area contributed by atoms with Crippen molar-refractivity contribution in [3.8, 4) is 0 Å². The summed E-state index contributed by atoms with van der Waals surface area (Å²) < 4.78 is 0. The van der Waals surface area contributed by atoms with Gasteiger partial charge in [0.15, 0.2) is 5.96 Å². The van der Waals surface area contributed by atoms with Gasteiger partial charge < -0.3 is 15.5 Å². The maximum atomic E-state index is 4.81. The fourth-order valence-electron chi connectivity index (χ4n) is 3.33. The molecule has 0 spiro atoms. The second-order valence-electron chi connectivity index (χ2n) is 6.79. The zero-order valence-electron chi connectivity index (χ0n) is 16.3. The monoisotopic (exact) mass is 362 g/mol. The molecule has 2 rings (SSSR count). The molecular weight excluding hydrogens is 328 g/mol. The summed E-state index contributed by atoms with van der Waals surface area (Å²) in [6, 6.07) is 6.62. The van der Waals surface area contributed by atoms with E-state index in [2.05, 4.69) is 60.8 Å². The summed E-state index contributed by atoms with van der Waals surface area (Å²) in [7, 11) is 0. The zero-order valence-corrected chi connectivity index (χ0v) is 17.1. The van der Waals surface area contributed by atoms with Crippen molar-refractivity contribution in [2.24, 2.45) is 10.9 Å². The molecule has 25 heavy (non-hydrogen) atoms. The molecule has 0 saturated carbocycles. The number of nitrogens with zero attached hydrogens (tertiary/aromatic N) is 2. The molecule has 2 N–H and O–H groups in total. The number of hydrogen-bond acceptors (Lipinski definition) is 3. The van der Waals surface area contributed by atoms with E-state index in [0.29, 0.717) is 0 Å². The Labute approximate surface area is 157 Å². The van der Waals surface area contributed by atoms with Gasteiger partial charge in [-0.3, -0.25) is 0 Å². The second-order valence-corrected chi connectivity index (χ2v) is 7.64. The Morgan fingerprint density at radius 2 is 2.16 bits per heavy atom. The molecule has 1 aromatic rings. The Bertz CT molecular complexity index is 559. The Balaban J connectivity index is 1.94. The van der Waals surface area contributed by atoms with Crippen molar-refractivity contribution in [3.05, 3.63) is 29.3 Å². The Kier molecular flexibility index (Phi) is 8.62. The number of benzene rings is 1. The first-order valence-corrected chi connectivity index (χ1v) is 10.8. The summed E-state index contributed by atoms with van der Waals surface area (Å²) >= 11 is 1.80. The lowest BCUT2D eigenvalue weighted by Crippen LogP contribution is -2.44. The van der Waals surface area contributed by atoms with Crippen LogP contribution in [0.25, 0.3) is 0 Å². The van der Waals surface area contributed by atoms with E-state index in [0.717, 1.165) is 38.1 Å². The highest BCUT2D eigenvalue weighted by atomic mass is 32.2. The van der Waals surface area contributed by atoms with E-state index in [1.807, 2.05) is 0 Å². The highest BCUT2D eigenvalue weighted by molar-refractivity contribution is 7.98. The third-order valence-electron chi connectivity index (χ3n) is 4.80. The number of aryl methyl sites for hydroxylation is 1. The molecular formula is C20H34N4S. The first kappa shape index (κ1) is 20.1. The van der Waals surface area contributed by atoms with Crippen LogP contribution in [0.15, 0.2) is 28.1 Å². The predicted molar refractivity (Wildman–Crippen MR) is 111 cm³/mol. The number of piperidine rings is 1. The molecule has 1 atom stereocenters. The van der Waals surface area contributed by atoms with Gasteiger partial charge in [0.05, 0.1) is 6.54 Å². The maximum Gasteiger partial charge on any atom is 0.191 e. The summed E-state index contributed by atoms with van der Waals surface area (Å²) in [5, 5.41) is 6.94. The van der Waals surface area contributed by atoms with E-state index in [-0.39, 0.29) is 0 Å². The lowest BCUT2D eigenvalue weighted by molar-refractivity contribution is 0.183. The fourth-order valence-corrected chi connectivity index (χ4v) is 4.03. The Hall–Kier alpha value is -1.20. The second kappa shape index (κ2) is 10.7. The minimum atomic E-state index is 0.720. The molecule has 1 aromatic carbocycles. The van der Waals surface area contributed by atoms with E-state index < -0.39 is 0 Å². The third-order valence-corrected chi connectivity index (χ3v) is 5.62. The van der Waals surface area contributed by atoms with Gasteiger partial charge in [0.25, 0.3) is 0 Å². The van der Waals surface area contributed by atoms with Crippen molar-refractivity contribution in [3.63, 3.8) is 0 Å². The van der Waals surface area contributed by atoms with Crippen LogP contribution in [0.4, 0.5) is 0 Å². The highest BCUT2D eigenvalue weighted by Gasteiger charge is 2.18. The van der Waals surface area contributed by atoms with Gasteiger partial charge in [-0.15, -0.1) is 11.8 Å². The highest BCUT2D eigenvalue weighted by Crippen LogP contribution is 2.22. The molecule has 5 heteroatoms. The van der Waals surface area contributed by atoms with Gasteiger partial charge in [0.2, 0.25) is 0 Å². The molecule has 0 bridgehead atoms. The van der Waals surface area contributed by atoms with Crippen molar-refractivity contribution < 1.29 is 0 Å². The van der Waals surface area contributed by atoms with Crippen LogP contribution in [0.3, 0.4) is 0 Å². The zero-order chi connectivity index (χ0) is 18.1. The number of hydrogen-bond donors (Lipinski definition) is 2. The van der Waals surface area contributed by atoms with E-state index in [4.69, 9.17) is 4.99 Å². The molecule has 0 radical (unpaired) electrons. The topological polar surface area (TPSA) is 39.7 Å². The summed E-state index contributed by atoms with van der Waals surface area (Å²) in [6.45, 7) is 12.8. The maximum absolute atomic E-state index is 4.81. The van der Waals surface area contributed by atoms with Crippen molar-refractivity contribution in [1.82, 2.24) is 15.5 Å².